The third-order valence-electron chi connectivity index (χ3n) is 4.74. The number of carbonyl (C=O) groups is 1. The fraction of sp³-hybridized carbons (Fsp3) is 0.381. The Morgan fingerprint density at radius 1 is 1.08 bits per heavy atom. The lowest BCUT2D eigenvalue weighted by atomic mass is 9.97. The second-order valence-corrected chi connectivity index (χ2v) is 6.87. The second kappa shape index (κ2) is 7.60. The molecule has 4 nitrogen and oxygen atoms in total. The summed E-state index contributed by atoms with van der Waals surface area (Å²) in [7, 11) is 1.73. The lowest BCUT2D eigenvalue weighted by Crippen LogP contribution is -2.31. The van der Waals surface area contributed by atoms with Gasteiger partial charge in [-0.25, -0.2) is 4.79 Å². The van der Waals surface area contributed by atoms with E-state index in [4.69, 9.17) is 9.47 Å². The van der Waals surface area contributed by atoms with Crippen molar-refractivity contribution in [3.05, 3.63) is 65.7 Å². The minimum atomic E-state index is -0.338. The first-order valence-corrected chi connectivity index (χ1v) is 8.73. The van der Waals surface area contributed by atoms with Crippen LogP contribution < -0.4 is 4.74 Å². The van der Waals surface area contributed by atoms with E-state index in [1.807, 2.05) is 42.5 Å². The Morgan fingerprint density at radius 3 is 2.48 bits per heavy atom. The Morgan fingerprint density at radius 2 is 1.76 bits per heavy atom. The molecule has 0 radical (unpaired) electrons. The van der Waals surface area contributed by atoms with E-state index < -0.39 is 0 Å². The summed E-state index contributed by atoms with van der Waals surface area (Å²) in [6.45, 7) is 3.48. The minimum absolute atomic E-state index is 0.261. The van der Waals surface area contributed by atoms with E-state index in [-0.39, 0.29) is 18.1 Å². The number of hydrogen-bond acceptors (Lipinski definition) is 3. The summed E-state index contributed by atoms with van der Waals surface area (Å²) in [5.41, 5.74) is 2.51. The molecule has 0 atom stereocenters. The number of likely N-dealkylation sites (N-methyl/N-ethyl adjacent to an activating group) is 1. The molecule has 25 heavy (non-hydrogen) atoms. The summed E-state index contributed by atoms with van der Waals surface area (Å²) < 4.78 is 11.2. The van der Waals surface area contributed by atoms with Gasteiger partial charge in [0.2, 0.25) is 0 Å². The van der Waals surface area contributed by atoms with Crippen LogP contribution in [-0.2, 0) is 16.8 Å². The van der Waals surface area contributed by atoms with Crippen molar-refractivity contribution in [1.82, 2.24) is 4.90 Å². The Bertz CT molecular complexity index is 710. The number of ether oxygens (including phenoxy) is 2. The van der Waals surface area contributed by atoms with Gasteiger partial charge in [-0.3, -0.25) is 0 Å². The first-order chi connectivity index (χ1) is 12.1. The SMILES string of the molecule is CN(CCOc1ccccc1C1(C)CC1)C(=O)OCc1ccccc1. The van der Waals surface area contributed by atoms with Gasteiger partial charge >= 0.3 is 6.09 Å². The molecule has 0 unspecified atom stereocenters. The maximum Gasteiger partial charge on any atom is 0.409 e. The van der Waals surface area contributed by atoms with Crippen LogP contribution in [0.2, 0.25) is 0 Å². The van der Waals surface area contributed by atoms with Crippen molar-refractivity contribution in [2.75, 3.05) is 20.2 Å². The highest BCUT2D eigenvalue weighted by Crippen LogP contribution is 2.50. The van der Waals surface area contributed by atoms with E-state index in [0.717, 1.165) is 11.3 Å². The van der Waals surface area contributed by atoms with Crippen molar-refractivity contribution in [2.45, 2.75) is 31.8 Å². The molecule has 1 aliphatic carbocycles. The maximum atomic E-state index is 12.0. The van der Waals surface area contributed by atoms with Crippen LogP contribution in [0.3, 0.4) is 0 Å². The molecule has 2 aromatic carbocycles. The van der Waals surface area contributed by atoms with Crippen molar-refractivity contribution in [2.24, 2.45) is 0 Å². The number of nitrogens with zero attached hydrogens (tertiary/aromatic N) is 1. The van der Waals surface area contributed by atoms with Crippen LogP contribution in [-0.4, -0.2) is 31.2 Å². The quantitative estimate of drug-likeness (QED) is 0.751. The van der Waals surface area contributed by atoms with Gasteiger partial charge in [-0.05, 0) is 29.9 Å². The largest absolute Gasteiger partial charge is 0.491 e. The van der Waals surface area contributed by atoms with Gasteiger partial charge in [-0.1, -0.05) is 55.5 Å². The molecule has 0 aromatic heterocycles. The van der Waals surface area contributed by atoms with Gasteiger partial charge in [0.1, 0.15) is 19.0 Å². The van der Waals surface area contributed by atoms with Crippen LogP contribution in [0.25, 0.3) is 0 Å². The molecule has 1 saturated carbocycles. The highest BCUT2D eigenvalue weighted by molar-refractivity contribution is 5.67. The number of carbonyl (C=O) groups excluding carboxylic acids is 1. The molecule has 0 saturated heterocycles. The molecular formula is C21H25NO3. The lowest BCUT2D eigenvalue weighted by Gasteiger charge is -2.19. The average molecular weight is 339 g/mol. The molecule has 0 aliphatic heterocycles. The Balaban J connectivity index is 1.45. The van der Waals surface area contributed by atoms with Crippen LogP contribution >= 0.6 is 0 Å². The Hall–Kier alpha value is -2.49. The number of hydrogen-bond donors (Lipinski definition) is 0. The van der Waals surface area contributed by atoms with E-state index in [2.05, 4.69) is 19.1 Å². The molecule has 0 N–H and O–H groups in total. The zero-order chi connectivity index (χ0) is 17.7. The normalized spacial score (nSPS) is 14.6. The number of para-hydroxylation sites is 1. The molecule has 132 valence electrons. The molecular weight excluding hydrogens is 314 g/mol. The summed E-state index contributed by atoms with van der Waals surface area (Å²) in [5.74, 6) is 0.925. The van der Waals surface area contributed by atoms with Crippen LogP contribution in [0.4, 0.5) is 4.79 Å². The molecule has 1 aliphatic rings. The van der Waals surface area contributed by atoms with Crippen molar-refractivity contribution in [3.8, 4) is 5.75 Å². The summed E-state index contributed by atoms with van der Waals surface area (Å²) in [4.78, 5) is 13.6. The van der Waals surface area contributed by atoms with Crippen molar-refractivity contribution < 1.29 is 14.3 Å². The fourth-order valence-electron chi connectivity index (χ4n) is 2.76. The van der Waals surface area contributed by atoms with Gasteiger partial charge in [0.15, 0.2) is 0 Å². The summed E-state index contributed by atoms with van der Waals surface area (Å²) >= 11 is 0. The molecule has 0 spiro atoms. The predicted octanol–water partition coefficient (Wildman–Crippen LogP) is 4.39. The van der Waals surface area contributed by atoms with Crippen molar-refractivity contribution >= 4 is 6.09 Å². The maximum absolute atomic E-state index is 12.0. The van der Waals surface area contributed by atoms with Crippen molar-refractivity contribution in [3.63, 3.8) is 0 Å². The molecule has 1 amide bonds. The van der Waals surface area contributed by atoms with Gasteiger partial charge in [0.05, 0.1) is 6.54 Å². The van der Waals surface area contributed by atoms with Crippen LogP contribution in [0.1, 0.15) is 30.9 Å². The lowest BCUT2D eigenvalue weighted by molar-refractivity contribution is 0.0993. The summed E-state index contributed by atoms with van der Waals surface area (Å²) in [6, 6.07) is 17.9. The number of amides is 1. The molecule has 0 heterocycles. The minimum Gasteiger partial charge on any atom is -0.491 e. The standard InChI is InChI=1S/C21H25NO3/c1-21(12-13-21)18-10-6-7-11-19(18)24-15-14-22(2)20(23)25-16-17-8-4-3-5-9-17/h3-11H,12-16H2,1-2H3. The second-order valence-electron chi connectivity index (χ2n) is 6.87. The van der Waals surface area contributed by atoms with Crippen LogP contribution in [0.15, 0.2) is 54.6 Å². The van der Waals surface area contributed by atoms with E-state index in [1.165, 1.54) is 18.4 Å². The monoisotopic (exact) mass is 339 g/mol. The molecule has 2 aromatic rings. The molecule has 4 heteroatoms. The highest BCUT2D eigenvalue weighted by atomic mass is 16.6. The topological polar surface area (TPSA) is 38.8 Å². The summed E-state index contributed by atoms with van der Waals surface area (Å²) in [6.07, 6.45) is 2.08. The smallest absolute Gasteiger partial charge is 0.409 e. The van der Waals surface area contributed by atoms with Gasteiger partial charge in [0, 0.05) is 12.6 Å². The van der Waals surface area contributed by atoms with Crippen LogP contribution in [0, 0.1) is 0 Å². The Kier molecular flexibility index (Phi) is 5.27. The Labute approximate surface area is 149 Å². The van der Waals surface area contributed by atoms with E-state index in [1.54, 1.807) is 11.9 Å². The molecule has 3 rings (SSSR count). The number of benzene rings is 2. The van der Waals surface area contributed by atoms with E-state index >= 15 is 0 Å². The molecule has 1 fully saturated rings. The average Bonchev–Trinajstić information content (AvgIpc) is 3.39. The fourth-order valence-corrected chi connectivity index (χ4v) is 2.76. The van der Waals surface area contributed by atoms with Gasteiger partial charge < -0.3 is 14.4 Å². The first kappa shape index (κ1) is 17.3. The first-order valence-electron chi connectivity index (χ1n) is 8.73. The third-order valence-corrected chi connectivity index (χ3v) is 4.74. The molecule has 0 bridgehead atoms. The third kappa shape index (κ3) is 4.53. The summed E-state index contributed by atoms with van der Waals surface area (Å²) in [5, 5.41) is 0. The van der Waals surface area contributed by atoms with Gasteiger partial charge in [0.25, 0.3) is 0 Å². The van der Waals surface area contributed by atoms with Crippen LogP contribution in [0.5, 0.6) is 5.75 Å². The van der Waals surface area contributed by atoms with E-state index in [9.17, 15) is 4.79 Å². The van der Waals surface area contributed by atoms with E-state index in [0.29, 0.717) is 13.2 Å². The highest BCUT2D eigenvalue weighted by Gasteiger charge is 2.41. The van der Waals surface area contributed by atoms with Crippen molar-refractivity contribution in [1.29, 1.82) is 0 Å². The van der Waals surface area contributed by atoms with Gasteiger partial charge in [-0.15, -0.1) is 0 Å². The predicted molar refractivity (Wildman–Crippen MR) is 97.8 cm³/mol. The zero-order valence-electron chi connectivity index (χ0n) is 14.9. The zero-order valence-corrected chi connectivity index (χ0v) is 14.9. The number of rotatable bonds is 7. The van der Waals surface area contributed by atoms with Gasteiger partial charge in [-0.2, -0.15) is 0 Å².